The van der Waals surface area contributed by atoms with Crippen LogP contribution in [0.4, 0.5) is 15.3 Å². The number of carbonyl (C=O) groups excluding carboxylic acids is 1. The lowest BCUT2D eigenvalue weighted by Gasteiger charge is -2.33. The van der Waals surface area contributed by atoms with E-state index in [4.69, 9.17) is 28.3 Å². The molecule has 166 valence electrons. The number of hydrogen-bond acceptors (Lipinski definition) is 3. The second kappa shape index (κ2) is 11.1. The number of nitrogens with zero attached hydrogens (tertiary/aromatic N) is 1. The topological polar surface area (TPSA) is 93.7 Å². The highest BCUT2D eigenvalue weighted by molar-refractivity contribution is 6.42. The molecule has 7 nitrogen and oxygen atoms in total. The molecule has 3 amide bonds. The number of hydrogen-bond donors (Lipinski definition) is 4. The van der Waals surface area contributed by atoms with E-state index in [0.717, 1.165) is 29.7 Å². The summed E-state index contributed by atoms with van der Waals surface area (Å²) in [6.45, 7) is 2.17. The van der Waals surface area contributed by atoms with Crippen LogP contribution in [0.2, 0.25) is 10.0 Å². The second-order valence-corrected chi connectivity index (χ2v) is 8.31. The molecule has 2 aromatic carbocycles. The first-order valence-corrected chi connectivity index (χ1v) is 11.0. The van der Waals surface area contributed by atoms with Crippen LogP contribution in [0.5, 0.6) is 0 Å². The van der Waals surface area contributed by atoms with Crippen molar-refractivity contribution >= 4 is 41.0 Å². The number of piperidine rings is 1. The standard InChI is InChI=1S/C22H26Cl2N4O3/c23-19-6-3-16(13-20(19)24)14-26-21(29)28-11-8-18(9-12-28)27-17-4-1-15(2-5-17)7-10-25-22(30)31/h1-6,13,18,25,27H,7-12,14H2,(H,26,29)(H,30,31). The molecule has 0 aliphatic carbocycles. The molecular weight excluding hydrogens is 439 g/mol. The number of anilines is 1. The maximum atomic E-state index is 12.4. The van der Waals surface area contributed by atoms with Crippen molar-refractivity contribution in [2.45, 2.75) is 31.8 Å². The molecule has 31 heavy (non-hydrogen) atoms. The Balaban J connectivity index is 1.39. The van der Waals surface area contributed by atoms with Gasteiger partial charge >= 0.3 is 12.1 Å². The molecule has 4 N–H and O–H groups in total. The van der Waals surface area contributed by atoms with Gasteiger partial charge in [0.05, 0.1) is 10.0 Å². The molecule has 9 heteroatoms. The van der Waals surface area contributed by atoms with Gasteiger partial charge in [0.1, 0.15) is 0 Å². The summed E-state index contributed by atoms with van der Waals surface area (Å²) in [5.41, 5.74) is 3.01. The van der Waals surface area contributed by atoms with Crippen LogP contribution >= 0.6 is 23.2 Å². The van der Waals surface area contributed by atoms with Gasteiger partial charge in [-0.3, -0.25) is 0 Å². The van der Waals surface area contributed by atoms with E-state index in [2.05, 4.69) is 16.0 Å². The van der Waals surface area contributed by atoms with Gasteiger partial charge in [0, 0.05) is 37.9 Å². The molecular formula is C22H26Cl2N4O3. The van der Waals surface area contributed by atoms with Crippen molar-refractivity contribution in [1.82, 2.24) is 15.5 Å². The van der Waals surface area contributed by atoms with Gasteiger partial charge in [-0.25, -0.2) is 9.59 Å². The Morgan fingerprint density at radius 1 is 0.968 bits per heavy atom. The van der Waals surface area contributed by atoms with Gasteiger partial charge in [-0.15, -0.1) is 0 Å². The third-order valence-corrected chi connectivity index (χ3v) is 5.96. The van der Waals surface area contributed by atoms with Crippen molar-refractivity contribution in [2.75, 3.05) is 25.0 Å². The summed E-state index contributed by atoms with van der Waals surface area (Å²) < 4.78 is 0. The van der Waals surface area contributed by atoms with Crippen LogP contribution in [0.1, 0.15) is 24.0 Å². The van der Waals surface area contributed by atoms with E-state index >= 15 is 0 Å². The fraction of sp³-hybridized carbons (Fsp3) is 0.364. The molecule has 3 rings (SSSR count). The number of amides is 3. The van der Waals surface area contributed by atoms with E-state index in [1.165, 1.54) is 0 Å². The maximum absolute atomic E-state index is 12.4. The molecule has 1 aliphatic rings. The number of benzene rings is 2. The van der Waals surface area contributed by atoms with Crippen molar-refractivity contribution < 1.29 is 14.7 Å². The van der Waals surface area contributed by atoms with Crippen LogP contribution in [0.3, 0.4) is 0 Å². The van der Waals surface area contributed by atoms with E-state index in [0.29, 0.717) is 48.7 Å². The van der Waals surface area contributed by atoms with Crippen molar-refractivity contribution in [3.8, 4) is 0 Å². The lowest BCUT2D eigenvalue weighted by molar-refractivity contribution is 0.183. The quantitative estimate of drug-likeness (QED) is 0.481. The lowest BCUT2D eigenvalue weighted by atomic mass is 10.0. The lowest BCUT2D eigenvalue weighted by Crippen LogP contribution is -2.46. The molecule has 1 heterocycles. The Bertz CT molecular complexity index is 900. The van der Waals surface area contributed by atoms with Gasteiger partial charge in [-0.1, -0.05) is 41.4 Å². The first kappa shape index (κ1) is 23.0. The zero-order chi connectivity index (χ0) is 22.2. The van der Waals surface area contributed by atoms with E-state index < -0.39 is 6.09 Å². The molecule has 1 aliphatic heterocycles. The summed E-state index contributed by atoms with van der Waals surface area (Å²) in [5, 5.41) is 18.4. The largest absolute Gasteiger partial charge is 0.465 e. The molecule has 0 atom stereocenters. The third-order valence-electron chi connectivity index (χ3n) is 5.22. The van der Waals surface area contributed by atoms with E-state index in [-0.39, 0.29) is 6.03 Å². The highest BCUT2D eigenvalue weighted by atomic mass is 35.5. The van der Waals surface area contributed by atoms with Crippen LogP contribution in [0, 0.1) is 0 Å². The van der Waals surface area contributed by atoms with Gasteiger partial charge in [-0.05, 0) is 54.7 Å². The van der Waals surface area contributed by atoms with Gasteiger partial charge in [0.15, 0.2) is 0 Å². The number of carboxylic acid groups (broad SMARTS) is 1. The minimum Gasteiger partial charge on any atom is -0.465 e. The van der Waals surface area contributed by atoms with E-state index in [1.54, 1.807) is 12.1 Å². The second-order valence-electron chi connectivity index (χ2n) is 7.49. The van der Waals surface area contributed by atoms with Crippen LogP contribution in [0.25, 0.3) is 0 Å². The highest BCUT2D eigenvalue weighted by Gasteiger charge is 2.22. The monoisotopic (exact) mass is 464 g/mol. The van der Waals surface area contributed by atoms with Gasteiger partial charge < -0.3 is 26.0 Å². The van der Waals surface area contributed by atoms with E-state index in [1.807, 2.05) is 35.2 Å². The van der Waals surface area contributed by atoms with Crippen molar-refractivity contribution in [3.05, 3.63) is 63.6 Å². The number of halogens is 2. The Morgan fingerprint density at radius 3 is 2.29 bits per heavy atom. The molecule has 0 aromatic heterocycles. The smallest absolute Gasteiger partial charge is 0.404 e. The average Bonchev–Trinajstić information content (AvgIpc) is 2.76. The first-order chi connectivity index (χ1) is 14.9. The average molecular weight is 465 g/mol. The summed E-state index contributed by atoms with van der Waals surface area (Å²) >= 11 is 11.9. The SMILES string of the molecule is O=C(O)NCCc1ccc(NC2CCN(C(=O)NCc3ccc(Cl)c(Cl)c3)CC2)cc1. The van der Waals surface area contributed by atoms with Crippen LogP contribution in [0.15, 0.2) is 42.5 Å². The van der Waals surface area contributed by atoms with Gasteiger partial charge in [0.2, 0.25) is 0 Å². The van der Waals surface area contributed by atoms with Crippen LogP contribution < -0.4 is 16.0 Å². The molecule has 2 aromatic rings. The number of likely N-dealkylation sites (tertiary alicyclic amines) is 1. The molecule has 0 saturated carbocycles. The summed E-state index contributed by atoms with van der Waals surface area (Å²) in [4.78, 5) is 24.8. The number of carbonyl (C=O) groups is 2. The molecule has 0 unspecified atom stereocenters. The van der Waals surface area contributed by atoms with Crippen molar-refractivity contribution in [2.24, 2.45) is 0 Å². The summed E-state index contributed by atoms with van der Waals surface area (Å²) in [6.07, 6.45) is 1.38. The minimum absolute atomic E-state index is 0.0798. The Labute approximate surface area is 191 Å². The molecule has 1 saturated heterocycles. The normalized spacial score (nSPS) is 14.2. The molecule has 0 spiro atoms. The maximum Gasteiger partial charge on any atom is 0.404 e. The van der Waals surface area contributed by atoms with Gasteiger partial charge in [-0.2, -0.15) is 0 Å². The Kier molecular flexibility index (Phi) is 8.26. The van der Waals surface area contributed by atoms with Crippen molar-refractivity contribution in [3.63, 3.8) is 0 Å². The summed E-state index contributed by atoms with van der Waals surface area (Å²) in [7, 11) is 0. The van der Waals surface area contributed by atoms with E-state index in [9.17, 15) is 9.59 Å². The fourth-order valence-electron chi connectivity index (χ4n) is 3.48. The molecule has 1 fully saturated rings. The molecule has 0 radical (unpaired) electrons. The Morgan fingerprint density at radius 2 is 1.65 bits per heavy atom. The minimum atomic E-state index is -1.01. The highest BCUT2D eigenvalue weighted by Crippen LogP contribution is 2.22. The predicted molar refractivity (Wildman–Crippen MR) is 123 cm³/mol. The summed E-state index contributed by atoms with van der Waals surface area (Å²) in [6, 6.07) is 13.6. The zero-order valence-electron chi connectivity index (χ0n) is 17.0. The first-order valence-electron chi connectivity index (χ1n) is 10.2. The van der Waals surface area contributed by atoms with Crippen LogP contribution in [-0.4, -0.2) is 47.8 Å². The third kappa shape index (κ3) is 7.22. The van der Waals surface area contributed by atoms with Crippen LogP contribution in [-0.2, 0) is 13.0 Å². The summed E-state index contributed by atoms with van der Waals surface area (Å²) in [5.74, 6) is 0. The zero-order valence-corrected chi connectivity index (χ0v) is 18.5. The fourth-order valence-corrected chi connectivity index (χ4v) is 3.80. The van der Waals surface area contributed by atoms with Gasteiger partial charge in [0.25, 0.3) is 0 Å². The molecule has 0 bridgehead atoms. The number of urea groups is 1. The Hall–Kier alpha value is -2.64. The predicted octanol–water partition coefficient (Wildman–Crippen LogP) is 4.59. The van der Waals surface area contributed by atoms with Crippen molar-refractivity contribution in [1.29, 1.82) is 0 Å². The number of rotatable bonds is 7. The number of nitrogens with one attached hydrogen (secondary N) is 3.